The zero-order chi connectivity index (χ0) is 8.39. The lowest BCUT2D eigenvalue weighted by Crippen LogP contribution is -1.96. The topological polar surface area (TPSA) is 63.8 Å². The average molecular weight is 162 g/mol. The van der Waals surface area contributed by atoms with Crippen molar-refractivity contribution in [2.45, 2.75) is 0 Å². The number of hydrogen-bond donors (Lipinski definition) is 1. The Kier molecular flexibility index (Phi) is 1.48. The van der Waals surface area contributed by atoms with Crippen molar-refractivity contribution in [1.82, 2.24) is 19.5 Å². The summed E-state index contributed by atoms with van der Waals surface area (Å²) in [6.07, 6.45) is 7.62. The molecule has 0 saturated heterocycles. The molecule has 1 N–H and O–H groups in total. The van der Waals surface area contributed by atoms with Gasteiger partial charge in [-0.2, -0.15) is 0 Å². The molecule has 60 valence electrons. The van der Waals surface area contributed by atoms with E-state index in [1.54, 1.807) is 23.3 Å². The normalized spacial score (nSPS) is 10.0. The molecule has 0 radical (unpaired) electrons. The molecular formula is C7H6N4O. The maximum absolute atomic E-state index is 8.90. The third-order valence-electron chi connectivity index (χ3n) is 1.36. The molecule has 0 aromatic carbocycles. The van der Waals surface area contributed by atoms with Crippen LogP contribution < -0.4 is 0 Å². The fourth-order valence-corrected chi connectivity index (χ4v) is 0.825. The first-order valence-electron chi connectivity index (χ1n) is 3.35. The summed E-state index contributed by atoms with van der Waals surface area (Å²) in [7, 11) is 0. The van der Waals surface area contributed by atoms with E-state index in [0.717, 1.165) is 0 Å². The number of imidazole rings is 1. The summed E-state index contributed by atoms with van der Waals surface area (Å²) in [5.41, 5.74) is 0. The van der Waals surface area contributed by atoms with E-state index in [1.807, 2.05) is 0 Å². The molecule has 0 unspecified atom stereocenters. The molecule has 0 fully saturated rings. The molecule has 5 nitrogen and oxygen atoms in total. The van der Waals surface area contributed by atoms with E-state index in [1.165, 1.54) is 12.4 Å². The Balaban J connectivity index is 2.43. The minimum absolute atomic E-state index is 0.0545. The Morgan fingerprint density at radius 1 is 1.25 bits per heavy atom. The van der Waals surface area contributed by atoms with E-state index >= 15 is 0 Å². The summed E-state index contributed by atoms with van der Waals surface area (Å²) in [5, 5.41) is 8.90. The summed E-state index contributed by atoms with van der Waals surface area (Å²) < 4.78 is 1.65. The maximum Gasteiger partial charge on any atom is 0.235 e. The second-order valence-corrected chi connectivity index (χ2v) is 2.21. The molecule has 0 aliphatic carbocycles. The molecule has 2 aromatic heterocycles. The van der Waals surface area contributed by atoms with Crippen molar-refractivity contribution in [3.05, 3.63) is 31.1 Å². The predicted octanol–water partition coefficient (Wildman–Crippen LogP) is 0.368. The third kappa shape index (κ3) is 1.12. The summed E-state index contributed by atoms with van der Waals surface area (Å²) in [6.45, 7) is 0. The minimum Gasteiger partial charge on any atom is -0.505 e. The van der Waals surface area contributed by atoms with E-state index in [2.05, 4.69) is 15.0 Å². The molecule has 0 atom stereocenters. The van der Waals surface area contributed by atoms with Gasteiger partial charge < -0.3 is 5.11 Å². The lowest BCUT2D eigenvalue weighted by atomic mass is 10.6. The van der Waals surface area contributed by atoms with E-state index in [4.69, 9.17) is 5.11 Å². The van der Waals surface area contributed by atoms with Crippen LogP contribution in [0, 0.1) is 0 Å². The van der Waals surface area contributed by atoms with Crippen LogP contribution >= 0.6 is 0 Å². The lowest BCUT2D eigenvalue weighted by Gasteiger charge is -1.97. The largest absolute Gasteiger partial charge is 0.505 e. The Morgan fingerprint density at radius 3 is 2.58 bits per heavy atom. The van der Waals surface area contributed by atoms with E-state index in [9.17, 15) is 0 Å². The lowest BCUT2D eigenvalue weighted by molar-refractivity contribution is 0.469. The molecule has 2 aromatic rings. The Morgan fingerprint density at radius 2 is 2.00 bits per heavy atom. The van der Waals surface area contributed by atoms with Gasteiger partial charge in [-0.25, -0.2) is 15.0 Å². The van der Waals surface area contributed by atoms with Crippen molar-refractivity contribution in [1.29, 1.82) is 0 Å². The van der Waals surface area contributed by atoms with Crippen molar-refractivity contribution < 1.29 is 5.11 Å². The van der Waals surface area contributed by atoms with Crippen LogP contribution in [0.2, 0.25) is 0 Å². The highest BCUT2D eigenvalue weighted by atomic mass is 16.3. The number of hydrogen-bond acceptors (Lipinski definition) is 4. The van der Waals surface area contributed by atoms with Gasteiger partial charge in [-0.3, -0.25) is 4.57 Å². The van der Waals surface area contributed by atoms with Crippen LogP contribution in [0.4, 0.5) is 0 Å². The van der Waals surface area contributed by atoms with Crippen molar-refractivity contribution in [3.63, 3.8) is 0 Å². The van der Waals surface area contributed by atoms with E-state index < -0.39 is 0 Å². The first-order valence-corrected chi connectivity index (χ1v) is 3.35. The smallest absolute Gasteiger partial charge is 0.235 e. The van der Waals surface area contributed by atoms with Gasteiger partial charge in [-0.15, -0.1) is 0 Å². The highest BCUT2D eigenvalue weighted by molar-refractivity contribution is 5.16. The highest BCUT2D eigenvalue weighted by Crippen LogP contribution is 2.04. The molecule has 0 amide bonds. The van der Waals surface area contributed by atoms with Gasteiger partial charge in [0.05, 0.1) is 12.4 Å². The molecular weight excluding hydrogens is 156 g/mol. The Hall–Kier alpha value is -1.91. The van der Waals surface area contributed by atoms with Crippen LogP contribution in [0.15, 0.2) is 31.1 Å². The van der Waals surface area contributed by atoms with Gasteiger partial charge in [0.1, 0.15) is 6.33 Å². The fourth-order valence-electron chi connectivity index (χ4n) is 0.825. The molecule has 2 rings (SSSR count). The number of rotatable bonds is 1. The SMILES string of the molecule is Oc1cnc(-n2ccnc2)nc1. The zero-order valence-corrected chi connectivity index (χ0v) is 6.12. The van der Waals surface area contributed by atoms with Gasteiger partial charge in [0.25, 0.3) is 0 Å². The van der Waals surface area contributed by atoms with Crippen LogP contribution in [0.5, 0.6) is 5.75 Å². The fraction of sp³-hybridized carbons (Fsp3) is 0. The maximum atomic E-state index is 8.90. The molecule has 0 aliphatic rings. The third-order valence-corrected chi connectivity index (χ3v) is 1.36. The first kappa shape index (κ1) is 6.78. The number of aromatic nitrogens is 4. The molecule has 0 saturated carbocycles. The van der Waals surface area contributed by atoms with Gasteiger partial charge >= 0.3 is 0 Å². The van der Waals surface area contributed by atoms with Gasteiger partial charge in [0.15, 0.2) is 5.75 Å². The van der Waals surface area contributed by atoms with Gasteiger partial charge in [0, 0.05) is 12.4 Å². The Bertz CT molecular complexity index is 353. The zero-order valence-electron chi connectivity index (χ0n) is 6.12. The number of aromatic hydroxyl groups is 1. The first-order chi connectivity index (χ1) is 5.86. The molecule has 12 heavy (non-hydrogen) atoms. The van der Waals surface area contributed by atoms with Gasteiger partial charge in [0.2, 0.25) is 5.95 Å². The van der Waals surface area contributed by atoms with Gasteiger partial charge in [-0.1, -0.05) is 0 Å². The van der Waals surface area contributed by atoms with E-state index in [-0.39, 0.29) is 5.75 Å². The Labute approximate surface area is 68.4 Å². The van der Waals surface area contributed by atoms with Crippen LogP contribution in [0.25, 0.3) is 5.95 Å². The number of nitrogens with zero attached hydrogens (tertiary/aromatic N) is 4. The summed E-state index contributed by atoms with van der Waals surface area (Å²) >= 11 is 0. The molecule has 0 aliphatic heterocycles. The molecule has 0 spiro atoms. The van der Waals surface area contributed by atoms with Crippen LogP contribution in [-0.4, -0.2) is 24.6 Å². The van der Waals surface area contributed by atoms with Crippen molar-refractivity contribution in [2.75, 3.05) is 0 Å². The summed E-state index contributed by atoms with van der Waals surface area (Å²) in [5.74, 6) is 0.546. The molecule has 0 bridgehead atoms. The van der Waals surface area contributed by atoms with Crippen LogP contribution in [0.1, 0.15) is 0 Å². The quantitative estimate of drug-likeness (QED) is 0.657. The van der Waals surface area contributed by atoms with Crippen LogP contribution in [0.3, 0.4) is 0 Å². The average Bonchev–Trinajstić information content (AvgIpc) is 2.58. The van der Waals surface area contributed by atoms with Gasteiger partial charge in [-0.05, 0) is 0 Å². The standard InChI is InChI=1S/C7H6N4O/c12-6-3-9-7(10-4-6)11-2-1-8-5-11/h1-5,12H. The molecule has 5 heteroatoms. The van der Waals surface area contributed by atoms with Crippen molar-refractivity contribution >= 4 is 0 Å². The van der Waals surface area contributed by atoms with Crippen molar-refractivity contribution in [2.24, 2.45) is 0 Å². The molecule has 2 heterocycles. The second-order valence-electron chi connectivity index (χ2n) is 2.21. The second kappa shape index (κ2) is 2.61. The monoisotopic (exact) mass is 162 g/mol. The summed E-state index contributed by atoms with van der Waals surface area (Å²) in [6, 6.07) is 0. The summed E-state index contributed by atoms with van der Waals surface area (Å²) in [4.78, 5) is 11.6. The predicted molar refractivity (Wildman–Crippen MR) is 40.8 cm³/mol. The highest BCUT2D eigenvalue weighted by Gasteiger charge is 1.96. The minimum atomic E-state index is 0.0545. The van der Waals surface area contributed by atoms with Crippen molar-refractivity contribution in [3.8, 4) is 11.7 Å². The van der Waals surface area contributed by atoms with E-state index in [0.29, 0.717) is 5.95 Å². The van der Waals surface area contributed by atoms with Crippen LogP contribution in [-0.2, 0) is 0 Å².